The molecule has 6 heteroatoms. The third-order valence-corrected chi connectivity index (χ3v) is 3.04. The van der Waals surface area contributed by atoms with Gasteiger partial charge in [-0.15, -0.1) is 0 Å². The average Bonchev–Trinajstić information content (AvgIpc) is 2.58. The van der Waals surface area contributed by atoms with Crippen LogP contribution in [0, 0.1) is 22.0 Å². The number of methoxy groups -OCH3 is 2. The van der Waals surface area contributed by atoms with Gasteiger partial charge in [0, 0.05) is 11.6 Å². The van der Waals surface area contributed by atoms with E-state index in [1.165, 1.54) is 26.4 Å². The van der Waals surface area contributed by atoms with Crippen LogP contribution in [0.1, 0.15) is 15.9 Å². The summed E-state index contributed by atoms with van der Waals surface area (Å²) < 4.78 is 10.1. The van der Waals surface area contributed by atoms with Crippen molar-refractivity contribution in [1.29, 1.82) is 0 Å². The minimum Gasteiger partial charge on any atom is -0.492 e. The van der Waals surface area contributed by atoms with Crippen molar-refractivity contribution < 1.29 is 19.2 Å². The molecule has 0 aromatic heterocycles. The zero-order valence-electron chi connectivity index (χ0n) is 12.5. The van der Waals surface area contributed by atoms with Crippen LogP contribution in [-0.4, -0.2) is 24.9 Å². The molecular weight excluding hydrogens is 298 g/mol. The summed E-state index contributed by atoms with van der Waals surface area (Å²) in [6, 6.07) is 11.5. The van der Waals surface area contributed by atoms with Crippen molar-refractivity contribution in [3.63, 3.8) is 0 Å². The van der Waals surface area contributed by atoms with Gasteiger partial charge in [-0.2, -0.15) is 0 Å². The molecule has 0 spiro atoms. The van der Waals surface area contributed by atoms with Crippen LogP contribution in [0.2, 0.25) is 0 Å². The topological polar surface area (TPSA) is 78.7 Å². The van der Waals surface area contributed by atoms with Gasteiger partial charge in [-0.25, -0.2) is 0 Å². The number of ether oxygens (including phenoxy) is 2. The van der Waals surface area contributed by atoms with Gasteiger partial charge in [-0.3, -0.25) is 14.9 Å². The SMILES string of the molecule is COc1c(C(=O)C#Cc2ccccc2)ccc([N+](=O)[O-])c1OC. The summed E-state index contributed by atoms with van der Waals surface area (Å²) in [6.45, 7) is 0. The first kappa shape index (κ1) is 16.0. The maximum atomic E-state index is 12.3. The summed E-state index contributed by atoms with van der Waals surface area (Å²) in [7, 11) is 2.58. The molecule has 0 saturated carbocycles. The fourth-order valence-electron chi connectivity index (χ4n) is 1.99. The number of nitro benzene ring substituents is 1. The van der Waals surface area contributed by atoms with Gasteiger partial charge in [-0.1, -0.05) is 24.1 Å². The van der Waals surface area contributed by atoms with Crippen LogP contribution in [0.5, 0.6) is 11.5 Å². The Kier molecular flexibility index (Phi) is 4.95. The van der Waals surface area contributed by atoms with E-state index >= 15 is 0 Å². The van der Waals surface area contributed by atoms with E-state index in [1.54, 1.807) is 12.1 Å². The molecule has 0 atom stereocenters. The summed E-state index contributed by atoms with van der Waals surface area (Å²) in [6.07, 6.45) is 0. The smallest absolute Gasteiger partial charge is 0.314 e. The second kappa shape index (κ2) is 7.09. The summed E-state index contributed by atoms with van der Waals surface area (Å²) in [5, 5.41) is 11.0. The Morgan fingerprint density at radius 1 is 1.04 bits per heavy atom. The summed E-state index contributed by atoms with van der Waals surface area (Å²) in [4.78, 5) is 22.7. The molecule has 0 fully saturated rings. The lowest BCUT2D eigenvalue weighted by molar-refractivity contribution is -0.385. The van der Waals surface area contributed by atoms with Gasteiger partial charge in [0.1, 0.15) is 0 Å². The molecule has 0 heterocycles. The Bertz CT molecular complexity index is 803. The summed E-state index contributed by atoms with van der Waals surface area (Å²) >= 11 is 0. The van der Waals surface area contributed by atoms with Gasteiger partial charge in [0.2, 0.25) is 11.5 Å². The van der Waals surface area contributed by atoms with Crippen molar-refractivity contribution in [3.05, 3.63) is 63.7 Å². The number of Topliss-reactive ketones (excluding diaryl/α,β-unsaturated/α-hetero) is 1. The van der Waals surface area contributed by atoms with Crippen molar-refractivity contribution >= 4 is 11.5 Å². The Morgan fingerprint density at radius 2 is 1.70 bits per heavy atom. The lowest BCUT2D eigenvalue weighted by Gasteiger charge is -2.10. The van der Waals surface area contributed by atoms with Gasteiger partial charge >= 0.3 is 5.69 Å². The first-order chi connectivity index (χ1) is 11.1. The van der Waals surface area contributed by atoms with Crippen LogP contribution >= 0.6 is 0 Å². The molecule has 0 saturated heterocycles. The number of nitro groups is 1. The predicted molar refractivity (Wildman–Crippen MR) is 83.9 cm³/mol. The highest BCUT2D eigenvalue weighted by Crippen LogP contribution is 2.39. The van der Waals surface area contributed by atoms with E-state index in [-0.39, 0.29) is 22.7 Å². The molecule has 0 aliphatic carbocycles. The molecule has 2 aromatic carbocycles. The van der Waals surface area contributed by atoms with Crippen LogP contribution in [-0.2, 0) is 0 Å². The zero-order valence-corrected chi connectivity index (χ0v) is 12.5. The average molecular weight is 311 g/mol. The van der Waals surface area contributed by atoms with Crippen molar-refractivity contribution in [3.8, 4) is 23.3 Å². The molecular formula is C17H13NO5. The van der Waals surface area contributed by atoms with Gasteiger partial charge in [0.15, 0.2) is 5.75 Å². The number of hydrogen-bond donors (Lipinski definition) is 0. The minimum absolute atomic E-state index is 0.00550. The van der Waals surface area contributed by atoms with Crippen LogP contribution in [0.4, 0.5) is 5.69 Å². The lowest BCUT2D eigenvalue weighted by Crippen LogP contribution is -2.04. The summed E-state index contributed by atoms with van der Waals surface area (Å²) in [5.74, 6) is 4.61. The molecule has 116 valence electrons. The molecule has 0 bridgehead atoms. The third-order valence-electron chi connectivity index (χ3n) is 3.04. The van der Waals surface area contributed by atoms with E-state index in [2.05, 4.69) is 11.8 Å². The molecule has 6 nitrogen and oxygen atoms in total. The first-order valence-corrected chi connectivity index (χ1v) is 6.59. The molecule has 0 radical (unpaired) electrons. The Balaban J connectivity index is 2.45. The predicted octanol–water partition coefficient (Wildman–Crippen LogP) is 2.85. The van der Waals surface area contributed by atoms with Gasteiger partial charge in [-0.05, 0) is 24.1 Å². The number of nitrogens with zero attached hydrogens (tertiary/aromatic N) is 1. The summed E-state index contributed by atoms with van der Waals surface area (Å²) in [5.41, 5.74) is 0.518. The standard InChI is InChI=1S/C17H13NO5/c1-22-16-13(9-10-14(18(20)21)17(16)23-2)15(19)11-8-12-6-4-3-5-7-12/h3-7,9-10H,1-2H3. The molecule has 23 heavy (non-hydrogen) atoms. The Hall–Kier alpha value is -3.33. The molecule has 0 aliphatic rings. The maximum Gasteiger partial charge on any atom is 0.314 e. The third kappa shape index (κ3) is 3.47. The number of ketones is 1. The molecule has 0 unspecified atom stereocenters. The minimum atomic E-state index is -0.606. The van der Waals surface area contributed by atoms with Crippen LogP contribution < -0.4 is 9.47 Å². The van der Waals surface area contributed by atoms with Crippen molar-refractivity contribution in [1.82, 2.24) is 0 Å². The van der Waals surface area contributed by atoms with Crippen LogP contribution in [0.25, 0.3) is 0 Å². The number of hydrogen-bond acceptors (Lipinski definition) is 5. The number of carbonyl (C=O) groups excluding carboxylic acids is 1. The normalized spacial score (nSPS) is 9.48. The van der Waals surface area contributed by atoms with E-state index < -0.39 is 10.7 Å². The highest BCUT2D eigenvalue weighted by Gasteiger charge is 2.25. The van der Waals surface area contributed by atoms with E-state index in [4.69, 9.17) is 9.47 Å². The van der Waals surface area contributed by atoms with Gasteiger partial charge < -0.3 is 9.47 Å². The highest BCUT2D eigenvalue weighted by atomic mass is 16.6. The first-order valence-electron chi connectivity index (χ1n) is 6.59. The lowest BCUT2D eigenvalue weighted by atomic mass is 10.1. The van der Waals surface area contributed by atoms with Crippen LogP contribution in [0.3, 0.4) is 0 Å². The molecule has 2 rings (SSSR count). The fourth-order valence-corrected chi connectivity index (χ4v) is 1.99. The second-order valence-corrected chi connectivity index (χ2v) is 4.40. The maximum absolute atomic E-state index is 12.3. The van der Waals surface area contributed by atoms with Crippen molar-refractivity contribution in [2.45, 2.75) is 0 Å². The Morgan fingerprint density at radius 3 is 2.26 bits per heavy atom. The molecule has 0 amide bonds. The highest BCUT2D eigenvalue weighted by molar-refractivity contribution is 6.11. The zero-order chi connectivity index (χ0) is 16.8. The van der Waals surface area contributed by atoms with Gasteiger partial charge in [0.25, 0.3) is 0 Å². The van der Waals surface area contributed by atoms with Crippen molar-refractivity contribution in [2.24, 2.45) is 0 Å². The van der Waals surface area contributed by atoms with Crippen molar-refractivity contribution in [2.75, 3.05) is 14.2 Å². The molecule has 0 aliphatic heterocycles. The Labute approximate surface area is 132 Å². The second-order valence-electron chi connectivity index (χ2n) is 4.40. The van der Waals surface area contributed by atoms with E-state index in [0.29, 0.717) is 5.56 Å². The monoisotopic (exact) mass is 311 g/mol. The number of rotatable bonds is 4. The van der Waals surface area contributed by atoms with E-state index in [0.717, 1.165) is 0 Å². The number of carbonyl (C=O) groups is 1. The molecule has 0 N–H and O–H groups in total. The molecule has 2 aromatic rings. The quantitative estimate of drug-likeness (QED) is 0.375. The van der Waals surface area contributed by atoms with E-state index in [1.807, 2.05) is 18.2 Å². The largest absolute Gasteiger partial charge is 0.492 e. The fraction of sp³-hybridized carbons (Fsp3) is 0.118. The van der Waals surface area contributed by atoms with E-state index in [9.17, 15) is 14.9 Å². The van der Waals surface area contributed by atoms with Gasteiger partial charge in [0.05, 0.1) is 24.7 Å². The number of benzene rings is 2. The van der Waals surface area contributed by atoms with Crippen LogP contribution in [0.15, 0.2) is 42.5 Å².